The Morgan fingerprint density at radius 2 is 1.46 bits per heavy atom. The summed E-state index contributed by atoms with van der Waals surface area (Å²) in [5, 5.41) is 9.41. The van der Waals surface area contributed by atoms with Crippen LogP contribution in [0.25, 0.3) is 0 Å². The van der Waals surface area contributed by atoms with E-state index in [1.807, 2.05) is 0 Å². The van der Waals surface area contributed by atoms with Gasteiger partial charge in [0.2, 0.25) is 0 Å². The normalized spacial score (nSPS) is 34.1. The summed E-state index contributed by atoms with van der Waals surface area (Å²) in [6.07, 6.45) is 2.40. The largest absolute Gasteiger partial charge is 0.478 e. The SMILES string of the molecule is CC1C(OC(=O)/C(=C\C(=O)O)C2CCN(C)C(C)(C)C2C)CCN(C)C1(C)C. The number of carbonyl (C=O) groups excluding carboxylic acids is 1. The molecule has 160 valence electrons. The monoisotopic (exact) mass is 394 g/mol. The van der Waals surface area contributed by atoms with Crippen molar-refractivity contribution in [2.75, 3.05) is 27.2 Å². The zero-order valence-corrected chi connectivity index (χ0v) is 18.8. The van der Waals surface area contributed by atoms with E-state index >= 15 is 0 Å². The van der Waals surface area contributed by atoms with Crippen LogP contribution in [0, 0.1) is 17.8 Å². The van der Waals surface area contributed by atoms with Gasteiger partial charge >= 0.3 is 11.9 Å². The van der Waals surface area contributed by atoms with Crippen molar-refractivity contribution >= 4 is 11.9 Å². The molecule has 2 heterocycles. The molecule has 0 bridgehead atoms. The predicted octanol–water partition coefficient (Wildman–Crippen LogP) is 3.03. The van der Waals surface area contributed by atoms with Crippen molar-refractivity contribution in [1.29, 1.82) is 0 Å². The number of ether oxygens (including phenoxy) is 1. The van der Waals surface area contributed by atoms with Gasteiger partial charge in [-0.05, 0) is 73.0 Å². The molecule has 6 nitrogen and oxygen atoms in total. The lowest BCUT2D eigenvalue weighted by atomic mass is 9.70. The lowest BCUT2D eigenvalue weighted by Crippen LogP contribution is -2.57. The van der Waals surface area contributed by atoms with Crippen molar-refractivity contribution in [3.8, 4) is 0 Å². The molecule has 2 fully saturated rings. The fourth-order valence-corrected chi connectivity index (χ4v) is 4.61. The Labute approximate surface area is 169 Å². The quantitative estimate of drug-likeness (QED) is 0.584. The lowest BCUT2D eigenvalue weighted by molar-refractivity contribution is -0.156. The second-order valence-electron chi connectivity index (χ2n) is 9.79. The third-order valence-corrected chi connectivity index (χ3v) is 8.05. The van der Waals surface area contributed by atoms with Gasteiger partial charge in [-0.25, -0.2) is 9.59 Å². The van der Waals surface area contributed by atoms with Crippen molar-refractivity contribution in [3.63, 3.8) is 0 Å². The number of rotatable bonds is 4. The number of piperidine rings is 2. The van der Waals surface area contributed by atoms with Gasteiger partial charge in [0.05, 0.1) is 0 Å². The highest BCUT2D eigenvalue weighted by Gasteiger charge is 2.45. The molecule has 4 atom stereocenters. The molecular weight excluding hydrogens is 356 g/mol. The van der Waals surface area contributed by atoms with Crippen molar-refractivity contribution in [3.05, 3.63) is 11.6 Å². The van der Waals surface area contributed by atoms with E-state index in [9.17, 15) is 14.7 Å². The molecule has 0 radical (unpaired) electrons. The molecule has 0 spiro atoms. The minimum absolute atomic E-state index is 0.0806. The Hall–Kier alpha value is -1.40. The van der Waals surface area contributed by atoms with Crippen LogP contribution in [0.2, 0.25) is 0 Å². The molecule has 0 aromatic rings. The van der Waals surface area contributed by atoms with E-state index in [-0.39, 0.29) is 34.9 Å². The van der Waals surface area contributed by atoms with Crippen LogP contribution in [0.4, 0.5) is 0 Å². The van der Waals surface area contributed by atoms with E-state index in [4.69, 9.17) is 4.74 Å². The van der Waals surface area contributed by atoms with E-state index in [0.29, 0.717) is 5.57 Å². The first-order valence-electron chi connectivity index (χ1n) is 10.4. The Balaban J connectivity index is 2.25. The molecule has 2 saturated heterocycles. The smallest absolute Gasteiger partial charge is 0.334 e. The molecule has 0 saturated carbocycles. The molecule has 1 N–H and O–H groups in total. The maximum atomic E-state index is 13.1. The zero-order chi connectivity index (χ0) is 21.4. The molecule has 2 aliphatic rings. The Morgan fingerprint density at radius 1 is 0.964 bits per heavy atom. The third-order valence-electron chi connectivity index (χ3n) is 8.05. The minimum Gasteiger partial charge on any atom is -0.478 e. The molecule has 0 aromatic heterocycles. The van der Waals surface area contributed by atoms with E-state index < -0.39 is 11.9 Å². The van der Waals surface area contributed by atoms with Crippen LogP contribution in [0.3, 0.4) is 0 Å². The van der Waals surface area contributed by atoms with Gasteiger partial charge in [-0.1, -0.05) is 13.8 Å². The highest BCUT2D eigenvalue weighted by Crippen LogP contribution is 2.41. The number of carbonyl (C=O) groups is 2. The van der Waals surface area contributed by atoms with Gasteiger partial charge < -0.3 is 19.6 Å². The fourth-order valence-electron chi connectivity index (χ4n) is 4.61. The number of hydrogen-bond acceptors (Lipinski definition) is 5. The van der Waals surface area contributed by atoms with Gasteiger partial charge in [0.15, 0.2) is 0 Å². The first-order chi connectivity index (χ1) is 12.8. The van der Waals surface area contributed by atoms with E-state index in [1.54, 1.807) is 0 Å². The first kappa shape index (κ1) is 22.9. The molecule has 0 amide bonds. The summed E-state index contributed by atoms with van der Waals surface area (Å²) in [5.74, 6) is -1.38. The molecule has 4 unspecified atom stereocenters. The average Bonchev–Trinajstić information content (AvgIpc) is 2.59. The second-order valence-corrected chi connectivity index (χ2v) is 9.79. The topological polar surface area (TPSA) is 70.1 Å². The Bertz CT molecular complexity index is 640. The minimum atomic E-state index is -1.09. The van der Waals surface area contributed by atoms with Crippen LogP contribution in [-0.4, -0.2) is 71.2 Å². The molecule has 6 heteroatoms. The van der Waals surface area contributed by atoms with Gasteiger partial charge in [-0.2, -0.15) is 0 Å². The van der Waals surface area contributed by atoms with Crippen molar-refractivity contribution in [1.82, 2.24) is 9.80 Å². The van der Waals surface area contributed by atoms with E-state index in [2.05, 4.69) is 65.4 Å². The number of carboxylic acids is 1. The van der Waals surface area contributed by atoms with Crippen LogP contribution in [0.1, 0.15) is 54.4 Å². The number of aliphatic carboxylic acids is 1. The number of esters is 1. The van der Waals surface area contributed by atoms with Crippen LogP contribution < -0.4 is 0 Å². The van der Waals surface area contributed by atoms with Crippen molar-refractivity contribution in [2.45, 2.75) is 71.6 Å². The van der Waals surface area contributed by atoms with Crippen molar-refractivity contribution < 1.29 is 19.4 Å². The fraction of sp³-hybridized carbons (Fsp3) is 0.818. The number of hydrogen-bond donors (Lipinski definition) is 1. The predicted molar refractivity (Wildman–Crippen MR) is 110 cm³/mol. The summed E-state index contributed by atoms with van der Waals surface area (Å²) in [6.45, 7) is 14.5. The summed E-state index contributed by atoms with van der Waals surface area (Å²) in [6, 6.07) is 0. The molecule has 2 aliphatic heterocycles. The molecule has 0 aromatic carbocycles. The van der Waals surface area contributed by atoms with Gasteiger partial charge in [0, 0.05) is 35.2 Å². The van der Waals surface area contributed by atoms with Crippen LogP contribution in [-0.2, 0) is 14.3 Å². The highest BCUT2D eigenvalue weighted by atomic mass is 16.5. The summed E-state index contributed by atoms with van der Waals surface area (Å²) < 4.78 is 5.94. The zero-order valence-electron chi connectivity index (χ0n) is 18.8. The van der Waals surface area contributed by atoms with Gasteiger partial charge in [-0.15, -0.1) is 0 Å². The van der Waals surface area contributed by atoms with Crippen LogP contribution in [0.5, 0.6) is 0 Å². The van der Waals surface area contributed by atoms with E-state index in [1.165, 1.54) is 0 Å². The number of nitrogens with zero attached hydrogens (tertiary/aromatic N) is 2. The van der Waals surface area contributed by atoms with Crippen molar-refractivity contribution in [2.24, 2.45) is 17.8 Å². The summed E-state index contributed by atoms with van der Waals surface area (Å²) >= 11 is 0. The van der Waals surface area contributed by atoms with Gasteiger partial charge in [0.1, 0.15) is 6.10 Å². The average molecular weight is 395 g/mol. The Kier molecular flexibility index (Phi) is 6.66. The van der Waals surface area contributed by atoms with Gasteiger partial charge in [-0.3, -0.25) is 0 Å². The van der Waals surface area contributed by atoms with Gasteiger partial charge in [0.25, 0.3) is 0 Å². The van der Waals surface area contributed by atoms with Crippen LogP contribution >= 0.6 is 0 Å². The number of carboxylic acid groups (broad SMARTS) is 1. The summed E-state index contributed by atoms with van der Waals surface area (Å²) in [7, 11) is 4.17. The molecule has 28 heavy (non-hydrogen) atoms. The number of likely N-dealkylation sites (tertiary alicyclic amines) is 2. The second kappa shape index (κ2) is 8.15. The maximum Gasteiger partial charge on any atom is 0.334 e. The maximum absolute atomic E-state index is 13.1. The standard InChI is InChI=1S/C22H38N2O4/c1-14-16(9-11-23(7)21(14,3)4)17(13-19(25)26)20(27)28-18-10-12-24(8)22(5,6)15(18)2/h13-16,18H,9-12H2,1-8H3,(H,25,26)/b17-13-. The first-order valence-corrected chi connectivity index (χ1v) is 10.4. The lowest BCUT2D eigenvalue weighted by Gasteiger charge is -2.50. The molecular formula is C22H38N2O4. The summed E-state index contributed by atoms with van der Waals surface area (Å²) in [5.41, 5.74) is 0.108. The molecule has 2 rings (SSSR count). The summed E-state index contributed by atoms with van der Waals surface area (Å²) in [4.78, 5) is 29.2. The Morgan fingerprint density at radius 3 is 2.00 bits per heavy atom. The van der Waals surface area contributed by atoms with Crippen LogP contribution in [0.15, 0.2) is 11.6 Å². The third kappa shape index (κ3) is 4.28. The molecule has 0 aliphatic carbocycles. The van der Waals surface area contributed by atoms with E-state index in [0.717, 1.165) is 32.0 Å². The highest BCUT2D eigenvalue weighted by molar-refractivity contribution is 5.96.